The zero-order chi connectivity index (χ0) is 17.8. The maximum Gasteiger partial charge on any atom is 0.160 e. The van der Waals surface area contributed by atoms with Crippen molar-refractivity contribution in [2.24, 2.45) is 0 Å². The summed E-state index contributed by atoms with van der Waals surface area (Å²) in [4.78, 5) is 24.5. The molecule has 0 amide bonds. The third kappa shape index (κ3) is 3.43. The van der Waals surface area contributed by atoms with Crippen molar-refractivity contribution >= 4 is 11.6 Å². The first-order chi connectivity index (χ1) is 12.1. The van der Waals surface area contributed by atoms with E-state index >= 15 is 0 Å². The van der Waals surface area contributed by atoms with Crippen LogP contribution in [0.25, 0.3) is 0 Å². The molecule has 0 fully saturated rings. The highest BCUT2D eigenvalue weighted by molar-refractivity contribution is 6.08. The molecular weight excluding hydrogens is 308 g/mol. The van der Waals surface area contributed by atoms with Gasteiger partial charge in [0.05, 0.1) is 0 Å². The highest BCUT2D eigenvalue weighted by Crippen LogP contribution is 2.35. The van der Waals surface area contributed by atoms with Gasteiger partial charge in [0, 0.05) is 17.0 Å². The summed E-state index contributed by atoms with van der Waals surface area (Å²) in [6, 6.07) is 25.7. The minimum absolute atomic E-state index is 0.0855. The molecule has 0 aliphatic heterocycles. The largest absolute Gasteiger partial charge is 0.294 e. The van der Waals surface area contributed by atoms with Crippen molar-refractivity contribution in [3.8, 4) is 0 Å². The van der Waals surface area contributed by atoms with Crippen LogP contribution in [-0.4, -0.2) is 11.6 Å². The summed E-state index contributed by atoms with van der Waals surface area (Å²) in [5.41, 5.74) is 4.07. The van der Waals surface area contributed by atoms with E-state index in [4.69, 9.17) is 0 Å². The molecule has 124 valence electrons. The monoisotopic (exact) mass is 328 g/mol. The molecule has 3 aromatic carbocycles. The average Bonchev–Trinajstić information content (AvgIpc) is 2.63. The minimum Gasteiger partial charge on any atom is -0.294 e. The fourth-order valence-electron chi connectivity index (χ4n) is 3.34. The molecule has 2 heteroatoms. The molecule has 0 heterocycles. The second kappa shape index (κ2) is 7.27. The minimum atomic E-state index is -0.0967. The van der Waals surface area contributed by atoms with Gasteiger partial charge in [0.25, 0.3) is 0 Å². The second-order valence-electron chi connectivity index (χ2n) is 6.14. The summed E-state index contributed by atoms with van der Waals surface area (Å²) in [7, 11) is 0. The van der Waals surface area contributed by atoms with Gasteiger partial charge in [0.2, 0.25) is 0 Å². The zero-order valence-electron chi connectivity index (χ0n) is 14.4. The fraction of sp³-hybridized carbons (Fsp3) is 0.130. The topological polar surface area (TPSA) is 34.1 Å². The van der Waals surface area contributed by atoms with Crippen molar-refractivity contribution in [1.82, 2.24) is 0 Å². The summed E-state index contributed by atoms with van der Waals surface area (Å²) >= 11 is 0. The van der Waals surface area contributed by atoms with Crippen LogP contribution in [0.4, 0.5) is 0 Å². The standard InChI is InChI=1S/C23H20O2/c1-16(24)20-14-9-15-21(22(20)17(2)25)23(18-10-5-3-6-11-18)19-12-7-4-8-13-19/h3-15,23H,1-2H3. The Morgan fingerprint density at radius 2 is 1.16 bits per heavy atom. The number of rotatable bonds is 5. The van der Waals surface area contributed by atoms with Gasteiger partial charge in [-0.2, -0.15) is 0 Å². The van der Waals surface area contributed by atoms with Crippen LogP contribution >= 0.6 is 0 Å². The van der Waals surface area contributed by atoms with Gasteiger partial charge >= 0.3 is 0 Å². The van der Waals surface area contributed by atoms with Crippen LogP contribution in [0.2, 0.25) is 0 Å². The molecule has 0 unspecified atom stereocenters. The van der Waals surface area contributed by atoms with Crippen molar-refractivity contribution in [3.63, 3.8) is 0 Å². The Hall–Kier alpha value is -3.00. The molecule has 0 spiro atoms. The molecule has 0 atom stereocenters. The molecular formula is C23H20O2. The third-order valence-electron chi connectivity index (χ3n) is 4.40. The van der Waals surface area contributed by atoms with Crippen molar-refractivity contribution in [2.75, 3.05) is 0 Å². The fourth-order valence-corrected chi connectivity index (χ4v) is 3.34. The first kappa shape index (κ1) is 16.8. The Morgan fingerprint density at radius 1 is 0.640 bits per heavy atom. The molecule has 0 aliphatic rings. The van der Waals surface area contributed by atoms with E-state index in [9.17, 15) is 9.59 Å². The number of carbonyl (C=O) groups is 2. The van der Waals surface area contributed by atoms with Crippen molar-refractivity contribution in [1.29, 1.82) is 0 Å². The SMILES string of the molecule is CC(=O)c1cccc(C(c2ccccc2)c2ccccc2)c1C(C)=O. The lowest BCUT2D eigenvalue weighted by Crippen LogP contribution is -2.13. The molecule has 25 heavy (non-hydrogen) atoms. The Balaban J connectivity index is 2.30. The molecule has 0 aliphatic carbocycles. The molecule has 0 N–H and O–H groups in total. The molecule has 3 aromatic rings. The van der Waals surface area contributed by atoms with Gasteiger partial charge < -0.3 is 0 Å². The summed E-state index contributed by atoms with van der Waals surface area (Å²) < 4.78 is 0. The Bertz CT molecular complexity index is 856. The molecule has 0 saturated carbocycles. The summed E-state index contributed by atoms with van der Waals surface area (Å²) in [6.45, 7) is 3.03. The van der Waals surface area contributed by atoms with Gasteiger partial charge in [-0.15, -0.1) is 0 Å². The lowest BCUT2D eigenvalue weighted by molar-refractivity contribution is 0.0980. The van der Waals surface area contributed by atoms with Crippen LogP contribution in [0.1, 0.15) is 57.2 Å². The predicted octanol–water partition coefficient (Wildman–Crippen LogP) is 5.27. The maximum atomic E-state index is 12.4. The smallest absolute Gasteiger partial charge is 0.160 e. The van der Waals surface area contributed by atoms with Gasteiger partial charge in [-0.05, 0) is 30.5 Å². The first-order valence-electron chi connectivity index (χ1n) is 8.34. The zero-order valence-corrected chi connectivity index (χ0v) is 14.4. The summed E-state index contributed by atoms with van der Waals surface area (Å²) in [5, 5.41) is 0. The third-order valence-corrected chi connectivity index (χ3v) is 4.40. The number of ketones is 2. The van der Waals surface area contributed by atoms with Gasteiger partial charge in [0.1, 0.15) is 0 Å². The van der Waals surface area contributed by atoms with Gasteiger partial charge in [0.15, 0.2) is 11.6 Å². The van der Waals surface area contributed by atoms with E-state index in [0.717, 1.165) is 16.7 Å². The molecule has 0 saturated heterocycles. The van der Waals surface area contributed by atoms with E-state index in [2.05, 4.69) is 24.3 Å². The number of hydrogen-bond acceptors (Lipinski definition) is 2. The van der Waals surface area contributed by atoms with E-state index < -0.39 is 0 Å². The highest BCUT2D eigenvalue weighted by Gasteiger charge is 2.24. The average molecular weight is 328 g/mol. The Labute approximate surface area is 148 Å². The quantitative estimate of drug-likeness (QED) is 0.472. The van der Waals surface area contributed by atoms with Crippen LogP contribution < -0.4 is 0 Å². The summed E-state index contributed by atoms with van der Waals surface area (Å²) in [5.74, 6) is -0.273. The van der Waals surface area contributed by atoms with Gasteiger partial charge in [-0.25, -0.2) is 0 Å². The first-order valence-corrected chi connectivity index (χ1v) is 8.34. The van der Waals surface area contributed by atoms with Crippen molar-refractivity contribution < 1.29 is 9.59 Å². The van der Waals surface area contributed by atoms with E-state index in [1.807, 2.05) is 48.5 Å². The van der Waals surface area contributed by atoms with Crippen LogP contribution in [-0.2, 0) is 0 Å². The number of Topliss-reactive ketones (excluding diaryl/α,β-unsaturated/α-hetero) is 2. The number of hydrogen-bond donors (Lipinski definition) is 0. The van der Waals surface area contributed by atoms with E-state index in [0.29, 0.717) is 11.1 Å². The van der Waals surface area contributed by atoms with Gasteiger partial charge in [-0.1, -0.05) is 78.9 Å². The van der Waals surface area contributed by atoms with Crippen molar-refractivity contribution in [2.45, 2.75) is 19.8 Å². The van der Waals surface area contributed by atoms with E-state index in [-0.39, 0.29) is 17.5 Å². The van der Waals surface area contributed by atoms with Gasteiger partial charge in [-0.3, -0.25) is 9.59 Å². The Kier molecular flexibility index (Phi) is 4.90. The summed E-state index contributed by atoms with van der Waals surface area (Å²) in [6.07, 6.45) is 0. The van der Waals surface area contributed by atoms with Crippen LogP contribution in [0, 0.1) is 0 Å². The second-order valence-corrected chi connectivity index (χ2v) is 6.14. The molecule has 3 rings (SSSR count). The number of carbonyl (C=O) groups excluding carboxylic acids is 2. The van der Waals surface area contributed by atoms with Crippen LogP contribution in [0.5, 0.6) is 0 Å². The van der Waals surface area contributed by atoms with E-state index in [1.165, 1.54) is 13.8 Å². The molecule has 0 bridgehead atoms. The number of benzene rings is 3. The predicted molar refractivity (Wildman–Crippen MR) is 100 cm³/mol. The normalized spacial score (nSPS) is 10.7. The molecule has 0 radical (unpaired) electrons. The van der Waals surface area contributed by atoms with Crippen LogP contribution in [0.15, 0.2) is 78.9 Å². The van der Waals surface area contributed by atoms with Crippen molar-refractivity contribution in [3.05, 3.63) is 107 Å². The van der Waals surface area contributed by atoms with E-state index in [1.54, 1.807) is 6.07 Å². The molecule has 0 aromatic heterocycles. The maximum absolute atomic E-state index is 12.4. The Morgan fingerprint density at radius 3 is 1.60 bits per heavy atom. The lowest BCUT2D eigenvalue weighted by Gasteiger charge is -2.22. The molecule has 2 nitrogen and oxygen atoms in total. The lowest BCUT2D eigenvalue weighted by atomic mass is 9.80. The van der Waals surface area contributed by atoms with Crippen LogP contribution in [0.3, 0.4) is 0 Å². The highest BCUT2D eigenvalue weighted by atomic mass is 16.1.